The van der Waals surface area contributed by atoms with Crippen molar-refractivity contribution in [3.05, 3.63) is 71.8 Å². The van der Waals surface area contributed by atoms with Gasteiger partial charge in [-0.05, 0) is 60.9 Å². The summed E-state index contributed by atoms with van der Waals surface area (Å²) < 4.78 is 40.4. The summed E-state index contributed by atoms with van der Waals surface area (Å²) in [4.78, 5) is 12.3. The molecular formula is C20H21FN4O3S. The van der Waals surface area contributed by atoms with E-state index in [1.807, 2.05) is 0 Å². The molecule has 0 radical (unpaired) electrons. The predicted molar refractivity (Wildman–Crippen MR) is 109 cm³/mol. The molecule has 0 bridgehead atoms. The Hall–Kier alpha value is -3.20. The SMILES string of the molecule is CC(C)Cc1cc(C(=O)Nc2ccc(S(=O)(=O)Nc3cccc(F)c3)cc2)n[nH]1. The molecule has 0 aliphatic carbocycles. The second kappa shape index (κ2) is 8.44. The van der Waals surface area contributed by atoms with Crippen molar-refractivity contribution in [2.75, 3.05) is 10.0 Å². The van der Waals surface area contributed by atoms with E-state index in [0.717, 1.165) is 18.2 Å². The van der Waals surface area contributed by atoms with Crippen LogP contribution in [0.1, 0.15) is 30.0 Å². The van der Waals surface area contributed by atoms with E-state index >= 15 is 0 Å². The molecule has 1 amide bonds. The first-order valence-electron chi connectivity index (χ1n) is 8.97. The molecule has 9 heteroatoms. The van der Waals surface area contributed by atoms with Crippen molar-refractivity contribution >= 4 is 27.3 Å². The number of carbonyl (C=O) groups is 1. The fourth-order valence-electron chi connectivity index (χ4n) is 2.70. The van der Waals surface area contributed by atoms with E-state index < -0.39 is 21.7 Å². The number of rotatable bonds is 7. The Morgan fingerprint density at radius 3 is 2.48 bits per heavy atom. The van der Waals surface area contributed by atoms with Crippen LogP contribution in [0.15, 0.2) is 59.5 Å². The van der Waals surface area contributed by atoms with Gasteiger partial charge in [0.05, 0.1) is 10.6 Å². The number of aromatic nitrogens is 2. The lowest BCUT2D eigenvalue weighted by molar-refractivity contribution is 0.102. The molecule has 0 spiro atoms. The summed E-state index contributed by atoms with van der Waals surface area (Å²) in [6.45, 7) is 4.14. The summed E-state index contributed by atoms with van der Waals surface area (Å²) in [5.41, 5.74) is 1.67. The third-order valence-corrected chi connectivity index (χ3v) is 5.39. The van der Waals surface area contributed by atoms with Crippen LogP contribution in [0, 0.1) is 11.7 Å². The zero-order valence-corrected chi connectivity index (χ0v) is 16.8. The molecule has 0 fully saturated rings. The summed E-state index contributed by atoms with van der Waals surface area (Å²) in [5, 5.41) is 9.51. The minimum absolute atomic E-state index is 0.0150. The minimum atomic E-state index is -3.88. The van der Waals surface area contributed by atoms with E-state index in [0.29, 0.717) is 11.6 Å². The van der Waals surface area contributed by atoms with E-state index in [1.165, 1.54) is 42.5 Å². The summed E-state index contributed by atoms with van der Waals surface area (Å²) in [5.74, 6) is -0.509. The van der Waals surface area contributed by atoms with Gasteiger partial charge in [0.1, 0.15) is 5.82 Å². The monoisotopic (exact) mass is 416 g/mol. The minimum Gasteiger partial charge on any atom is -0.321 e. The number of hydrogen-bond donors (Lipinski definition) is 3. The Bertz CT molecular complexity index is 1110. The van der Waals surface area contributed by atoms with Crippen LogP contribution in [0.3, 0.4) is 0 Å². The van der Waals surface area contributed by atoms with Gasteiger partial charge in [-0.25, -0.2) is 12.8 Å². The van der Waals surface area contributed by atoms with Crippen LogP contribution in [0.4, 0.5) is 15.8 Å². The van der Waals surface area contributed by atoms with E-state index in [-0.39, 0.29) is 16.3 Å². The first kappa shape index (κ1) is 20.5. The number of benzene rings is 2. The summed E-state index contributed by atoms with van der Waals surface area (Å²) in [6.07, 6.45) is 0.783. The number of H-pyrrole nitrogens is 1. The van der Waals surface area contributed by atoms with E-state index in [4.69, 9.17) is 0 Å². The van der Waals surface area contributed by atoms with Crippen LogP contribution in [0.5, 0.6) is 0 Å². The molecule has 7 nitrogen and oxygen atoms in total. The molecule has 0 aliphatic rings. The fourth-order valence-corrected chi connectivity index (χ4v) is 3.75. The first-order chi connectivity index (χ1) is 13.7. The summed E-state index contributed by atoms with van der Waals surface area (Å²) >= 11 is 0. The number of anilines is 2. The number of nitrogens with zero attached hydrogens (tertiary/aromatic N) is 1. The van der Waals surface area contributed by atoms with E-state index in [9.17, 15) is 17.6 Å². The van der Waals surface area contributed by atoms with Crippen molar-refractivity contribution in [2.45, 2.75) is 25.2 Å². The van der Waals surface area contributed by atoms with Gasteiger partial charge in [0, 0.05) is 11.4 Å². The van der Waals surface area contributed by atoms with Gasteiger partial charge in [0.25, 0.3) is 15.9 Å². The average molecular weight is 416 g/mol. The van der Waals surface area contributed by atoms with Crippen LogP contribution in [-0.4, -0.2) is 24.5 Å². The third kappa shape index (κ3) is 5.41. The highest BCUT2D eigenvalue weighted by Crippen LogP contribution is 2.19. The van der Waals surface area contributed by atoms with Crippen molar-refractivity contribution in [3.63, 3.8) is 0 Å². The van der Waals surface area contributed by atoms with Crippen LogP contribution < -0.4 is 10.0 Å². The molecule has 29 heavy (non-hydrogen) atoms. The lowest BCUT2D eigenvalue weighted by Crippen LogP contribution is -2.14. The number of sulfonamides is 1. The van der Waals surface area contributed by atoms with Crippen molar-refractivity contribution in [3.8, 4) is 0 Å². The number of hydrogen-bond acceptors (Lipinski definition) is 4. The predicted octanol–water partition coefficient (Wildman–Crippen LogP) is 3.80. The van der Waals surface area contributed by atoms with Gasteiger partial charge in [-0.3, -0.25) is 14.6 Å². The number of amides is 1. The molecule has 1 aromatic heterocycles. The van der Waals surface area contributed by atoms with Crippen molar-refractivity contribution in [2.24, 2.45) is 5.92 Å². The Labute approximate surface area is 168 Å². The molecule has 3 rings (SSSR count). The topological polar surface area (TPSA) is 104 Å². The van der Waals surface area contributed by atoms with Crippen LogP contribution in [0.25, 0.3) is 0 Å². The molecule has 0 saturated heterocycles. The first-order valence-corrected chi connectivity index (χ1v) is 10.5. The van der Waals surface area contributed by atoms with Crippen LogP contribution >= 0.6 is 0 Å². The van der Waals surface area contributed by atoms with Crippen molar-refractivity contribution in [1.29, 1.82) is 0 Å². The van der Waals surface area contributed by atoms with Gasteiger partial charge in [0.15, 0.2) is 5.69 Å². The maximum Gasteiger partial charge on any atom is 0.276 e. The quantitative estimate of drug-likeness (QED) is 0.545. The molecule has 0 saturated carbocycles. The highest BCUT2D eigenvalue weighted by molar-refractivity contribution is 7.92. The fraction of sp³-hybridized carbons (Fsp3) is 0.200. The molecule has 3 N–H and O–H groups in total. The van der Waals surface area contributed by atoms with Gasteiger partial charge in [0.2, 0.25) is 0 Å². The summed E-state index contributed by atoms with van der Waals surface area (Å²) in [6, 6.07) is 12.5. The molecule has 2 aromatic carbocycles. The standard InChI is InChI=1S/C20H21FN4O3S/c1-13(2)10-17-12-19(24-23-17)20(26)22-15-6-8-18(9-7-15)29(27,28)25-16-5-3-4-14(21)11-16/h3-9,11-13,25H,10H2,1-2H3,(H,22,26)(H,23,24). The maximum absolute atomic E-state index is 13.2. The van der Waals surface area contributed by atoms with Gasteiger partial charge in [-0.1, -0.05) is 19.9 Å². The second-order valence-corrected chi connectivity index (χ2v) is 8.65. The third-order valence-electron chi connectivity index (χ3n) is 3.99. The molecule has 0 aliphatic heterocycles. The number of nitrogens with one attached hydrogen (secondary N) is 3. The average Bonchev–Trinajstić information content (AvgIpc) is 3.10. The highest BCUT2D eigenvalue weighted by atomic mass is 32.2. The Morgan fingerprint density at radius 1 is 1.10 bits per heavy atom. The second-order valence-electron chi connectivity index (χ2n) is 6.97. The Morgan fingerprint density at radius 2 is 1.83 bits per heavy atom. The van der Waals surface area contributed by atoms with Crippen LogP contribution in [0.2, 0.25) is 0 Å². The van der Waals surface area contributed by atoms with E-state index in [2.05, 4.69) is 34.1 Å². The van der Waals surface area contributed by atoms with Gasteiger partial charge in [-0.2, -0.15) is 5.10 Å². The molecule has 0 unspecified atom stereocenters. The lowest BCUT2D eigenvalue weighted by Gasteiger charge is -2.09. The van der Waals surface area contributed by atoms with Gasteiger partial charge in [-0.15, -0.1) is 0 Å². The molecule has 152 valence electrons. The Kier molecular flexibility index (Phi) is 5.97. The van der Waals surface area contributed by atoms with Crippen LogP contribution in [-0.2, 0) is 16.4 Å². The zero-order valence-electron chi connectivity index (χ0n) is 15.9. The van der Waals surface area contributed by atoms with Gasteiger partial charge < -0.3 is 5.32 Å². The van der Waals surface area contributed by atoms with Gasteiger partial charge >= 0.3 is 0 Å². The smallest absolute Gasteiger partial charge is 0.276 e. The number of carbonyl (C=O) groups excluding carboxylic acids is 1. The summed E-state index contributed by atoms with van der Waals surface area (Å²) in [7, 11) is -3.88. The normalized spacial score (nSPS) is 11.4. The number of aromatic amines is 1. The number of halogens is 1. The molecule has 0 atom stereocenters. The van der Waals surface area contributed by atoms with Crippen molar-refractivity contribution < 1.29 is 17.6 Å². The van der Waals surface area contributed by atoms with E-state index in [1.54, 1.807) is 6.07 Å². The Balaban J connectivity index is 1.68. The highest BCUT2D eigenvalue weighted by Gasteiger charge is 2.16. The van der Waals surface area contributed by atoms with Crippen molar-refractivity contribution in [1.82, 2.24) is 10.2 Å². The molecular weight excluding hydrogens is 395 g/mol. The maximum atomic E-state index is 13.2. The largest absolute Gasteiger partial charge is 0.321 e. The zero-order chi connectivity index (χ0) is 21.0. The molecule has 1 heterocycles. The lowest BCUT2D eigenvalue weighted by atomic mass is 10.1. The molecule has 3 aromatic rings.